The van der Waals surface area contributed by atoms with Crippen molar-refractivity contribution in [1.29, 1.82) is 0 Å². The van der Waals surface area contributed by atoms with Gasteiger partial charge < -0.3 is 10.6 Å². The number of benzene rings is 1. The van der Waals surface area contributed by atoms with Crippen LogP contribution in [0, 0.1) is 11.8 Å². The number of halogens is 2. The molecule has 1 aliphatic heterocycles. The van der Waals surface area contributed by atoms with Gasteiger partial charge in [-0.3, -0.25) is 10.1 Å². The molecule has 2 fully saturated rings. The van der Waals surface area contributed by atoms with Gasteiger partial charge in [0, 0.05) is 24.7 Å². The average molecular weight is 360 g/mol. The van der Waals surface area contributed by atoms with Gasteiger partial charge in [-0.2, -0.15) is 5.10 Å². The molecule has 0 bridgehead atoms. The van der Waals surface area contributed by atoms with E-state index in [-0.39, 0.29) is 0 Å². The lowest BCUT2D eigenvalue weighted by Crippen LogP contribution is -2.27. The second-order valence-electron chi connectivity index (χ2n) is 6.57. The Balaban J connectivity index is 1.53. The summed E-state index contributed by atoms with van der Waals surface area (Å²) in [7, 11) is 0. The predicted molar refractivity (Wildman–Crippen MR) is 96.5 cm³/mol. The fraction of sp³-hybridized carbons (Fsp3) is 0.294. The molecule has 122 valence electrons. The lowest BCUT2D eigenvalue weighted by molar-refractivity contribution is 0.743. The number of rotatable bonds is 2. The number of H-pyrrole nitrogens is 1. The van der Waals surface area contributed by atoms with Gasteiger partial charge in [0.15, 0.2) is 0 Å². The van der Waals surface area contributed by atoms with Gasteiger partial charge in [0.05, 0.1) is 27.4 Å². The number of aromatic nitrogens is 3. The fourth-order valence-corrected chi connectivity index (χ4v) is 4.12. The molecule has 2 unspecified atom stereocenters. The van der Waals surface area contributed by atoms with Crippen molar-refractivity contribution in [2.45, 2.75) is 6.04 Å². The normalized spacial score (nSPS) is 25.3. The van der Waals surface area contributed by atoms with E-state index in [1.807, 2.05) is 18.3 Å². The molecule has 5 rings (SSSR count). The van der Waals surface area contributed by atoms with Gasteiger partial charge in [-0.1, -0.05) is 35.3 Å². The smallest absolute Gasteiger partial charge is 0.120 e. The summed E-state index contributed by atoms with van der Waals surface area (Å²) in [4.78, 5) is 6.97. The molecule has 24 heavy (non-hydrogen) atoms. The number of nitrogens with two attached hydrogens (primary N) is 1. The van der Waals surface area contributed by atoms with E-state index in [1.54, 1.807) is 6.07 Å². The maximum atomic E-state index is 6.32. The summed E-state index contributed by atoms with van der Waals surface area (Å²) in [5.41, 5.74) is 10.3. The Morgan fingerprint density at radius 2 is 2.00 bits per heavy atom. The number of pyridine rings is 1. The van der Waals surface area contributed by atoms with Crippen molar-refractivity contribution in [2.75, 3.05) is 18.0 Å². The van der Waals surface area contributed by atoms with Crippen molar-refractivity contribution >= 4 is 39.9 Å². The minimum Gasteiger partial charge on any atom is -0.370 e. The van der Waals surface area contributed by atoms with Crippen LogP contribution in [-0.2, 0) is 0 Å². The SMILES string of the molecule is NC1C2CN(c3cnc4c(-c5cccc(Cl)c5Cl)n[nH]c4c3)CC12. The quantitative estimate of drug-likeness (QED) is 0.736. The summed E-state index contributed by atoms with van der Waals surface area (Å²) < 4.78 is 0. The number of nitrogens with one attached hydrogen (secondary N) is 1. The molecule has 1 aliphatic carbocycles. The maximum Gasteiger partial charge on any atom is 0.120 e. The Bertz CT molecular complexity index is 941. The van der Waals surface area contributed by atoms with Gasteiger partial charge in [0.25, 0.3) is 0 Å². The first-order chi connectivity index (χ1) is 11.6. The predicted octanol–water partition coefficient (Wildman–Crippen LogP) is 3.33. The highest BCUT2D eigenvalue weighted by Crippen LogP contribution is 2.45. The number of fused-ring (bicyclic) bond motifs is 2. The summed E-state index contributed by atoms with van der Waals surface area (Å²) in [6.07, 6.45) is 1.90. The molecule has 2 aromatic heterocycles. The van der Waals surface area contributed by atoms with Gasteiger partial charge in [0.1, 0.15) is 11.2 Å². The topological polar surface area (TPSA) is 70.8 Å². The van der Waals surface area contributed by atoms with Crippen LogP contribution in [0.2, 0.25) is 10.0 Å². The van der Waals surface area contributed by atoms with Crippen molar-refractivity contribution in [3.05, 3.63) is 40.5 Å². The van der Waals surface area contributed by atoms with E-state index in [4.69, 9.17) is 28.9 Å². The highest BCUT2D eigenvalue weighted by molar-refractivity contribution is 6.43. The maximum absolute atomic E-state index is 6.32. The fourth-order valence-electron chi connectivity index (χ4n) is 3.73. The molecule has 0 spiro atoms. The summed E-state index contributed by atoms with van der Waals surface area (Å²) >= 11 is 12.4. The largest absolute Gasteiger partial charge is 0.370 e. The number of aromatic amines is 1. The van der Waals surface area contributed by atoms with Gasteiger partial charge in [-0.05, 0) is 24.0 Å². The summed E-state index contributed by atoms with van der Waals surface area (Å²) in [6, 6.07) is 8.00. The zero-order chi connectivity index (χ0) is 16.4. The molecule has 0 amide bonds. The Morgan fingerprint density at radius 3 is 2.79 bits per heavy atom. The van der Waals surface area contributed by atoms with Gasteiger partial charge in [-0.25, -0.2) is 0 Å². The van der Waals surface area contributed by atoms with Crippen LogP contribution >= 0.6 is 23.2 Å². The van der Waals surface area contributed by atoms with Gasteiger partial charge in [-0.15, -0.1) is 0 Å². The summed E-state index contributed by atoms with van der Waals surface area (Å²) in [6.45, 7) is 2.03. The number of hydrogen-bond donors (Lipinski definition) is 2. The summed E-state index contributed by atoms with van der Waals surface area (Å²) in [5, 5.41) is 8.47. The van der Waals surface area contributed by atoms with E-state index >= 15 is 0 Å². The van der Waals surface area contributed by atoms with Crippen LogP contribution in [-0.4, -0.2) is 34.3 Å². The zero-order valence-electron chi connectivity index (χ0n) is 12.7. The molecule has 5 nitrogen and oxygen atoms in total. The standard InChI is InChI=1S/C17H15Cl2N5/c18-12-3-1-2-9(14(12)19)16-17-13(22-23-16)4-8(5-21-17)24-6-10-11(7-24)15(10)20/h1-5,10-11,15H,6-7,20H2,(H,22,23). The second kappa shape index (κ2) is 5.09. The van der Waals surface area contributed by atoms with Crippen LogP contribution in [0.1, 0.15) is 0 Å². The van der Waals surface area contributed by atoms with Crippen molar-refractivity contribution in [1.82, 2.24) is 15.2 Å². The molecule has 3 aromatic rings. The lowest BCUT2D eigenvalue weighted by Gasteiger charge is -2.20. The van der Waals surface area contributed by atoms with E-state index in [9.17, 15) is 0 Å². The van der Waals surface area contributed by atoms with Crippen molar-refractivity contribution < 1.29 is 0 Å². The number of hydrogen-bond acceptors (Lipinski definition) is 4. The Hall–Kier alpha value is -1.82. The molecule has 3 N–H and O–H groups in total. The van der Waals surface area contributed by atoms with Crippen LogP contribution in [0.4, 0.5) is 5.69 Å². The molecule has 0 radical (unpaired) electrons. The minimum atomic E-state index is 0.390. The van der Waals surface area contributed by atoms with Crippen molar-refractivity contribution in [2.24, 2.45) is 17.6 Å². The third-order valence-corrected chi connectivity index (χ3v) is 6.04. The number of nitrogens with zero attached hydrogens (tertiary/aromatic N) is 3. The molecular formula is C17H15Cl2N5. The molecule has 7 heteroatoms. The molecular weight excluding hydrogens is 345 g/mol. The number of piperidine rings is 1. The first-order valence-electron chi connectivity index (χ1n) is 7.92. The summed E-state index contributed by atoms with van der Waals surface area (Å²) in [5.74, 6) is 1.28. The molecule has 1 saturated heterocycles. The minimum absolute atomic E-state index is 0.390. The van der Waals surface area contributed by atoms with Crippen LogP contribution in [0.15, 0.2) is 30.5 Å². The van der Waals surface area contributed by atoms with Gasteiger partial charge in [0.2, 0.25) is 0 Å². The highest BCUT2D eigenvalue weighted by Gasteiger charge is 2.53. The van der Waals surface area contributed by atoms with E-state index in [0.29, 0.717) is 27.9 Å². The Labute approximate surface area is 148 Å². The van der Waals surface area contributed by atoms with Crippen LogP contribution in [0.25, 0.3) is 22.3 Å². The third-order valence-electron chi connectivity index (χ3n) is 5.22. The number of anilines is 1. The Kier molecular flexibility index (Phi) is 3.08. The first kappa shape index (κ1) is 14.5. The van der Waals surface area contributed by atoms with E-state index in [2.05, 4.69) is 26.1 Å². The monoisotopic (exact) mass is 359 g/mol. The Morgan fingerprint density at radius 1 is 1.21 bits per heavy atom. The van der Waals surface area contributed by atoms with E-state index in [0.717, 1.165) is 41.1 Å². The highest BCUT2D eigenvalue weighted by atomic mass is 35.5. The van der Waals surface area contributed by atoms with Gasteiger partial charge >= 0.3 is 0 Å². The molecule has 1 aromatic carbocycles. The molecule has 2 aliphatic rings. The molecule has 1 saturated carbocycles. The first-order valence-corrected chi connectivity index (χ1v) is 8.68. The average Bonchev–Trinajstić information content (AvgIpc) is 3.00. The van der Waals surface area contributed by atoms with E-state index in [1.165, 1.54) is 0 Å². The van der Waals surface area contributed by atoms with E-state index < -0.39 is 0 Å². The van der Waals surface area contributed by atoms with Crippen LogP contribution in [0.3, 0.4) is 0 Å². The van der Waals surface area contributed by atoms with Crippen molar-refractivity contribution in [3.63, 3.8) is 0 Å². The molecule has 3 heterocycles. The third kappa shape index (κ3) is 2.05. The lowest BCUT2D eigenvalue weighted by atomic mass is 10.1. The second-order valence-corrected chi connectivity index (χ2v) is 7.36. The molecule has 2 atom stereocenters. The van der Waals surface area contributed by atoms with Crippen molar-refractivity contribution in [3.8, 4) is 11.3 Å². The zero-order valence-corrected chi connectivity index (χ0v) is 14.2. The van der Waals surface area contributed by atoms with Crippen LogP contribution < -0.4 is 10.6 Å². The van der Waals surface area contributed by atoms with Crippen LogP contribution in [0.5, 0.6) is 0 Å².